The SMILES string of the molecule is C#CCCOCCNCc1cc(F)cc2c1ccn2Cc1ccc(F)cc1. The van der Waals surface area contributed by atoms with Gasteiger partial charge in [-0.15, -0.1) is 12.3 Å². The summed E-state index contributed by atoms with van der Waals surface area (Å²) in [4.78, 5) is 0. The molecule has 0 saturated carbocycles. The molecule has 5 heteroatoms. The Hall–Kier alpha value is -2.68. The van der Waals surface area contributed by atoms with Crippen molar-refractivity contribution in [2.45, 2.75) is 19.5 Å². The first-order valence-corrected chi connectivity index (χ1v) is 8.91. The Morgan fingerprint density at radius 2 is 1.85 bits per heavy atom. The second kappa shape index (κ2) is 9.31. The summed E-state index contributed by atoms with van der Waals surface area (Å²) in [6.07, 6.45) is 7.70. The van der Waals surface area contributed by atoms with Crippen molar-refractivity contribution < 1.29 is 13.5 Å². The van der Waals surface area contributed by atoms with E-state index in [2.05, 4.69) is 11.2 Å². The molecule has 0 aliphatic rings. The minimum absolute atomic E-state index is 0.265. The van der Waals surface area contributed by atoms with E-state index in [-0.39, 0.29) is 11.6 Å². The van der Waals surface area contributed by atoms with Gasteiger partial charge in [0.1, 0.15) is 11.6 Å². The molecule has 3 aromatic rings. The summed E-state index contributed by atoms with van der Waals surface area (Å²) in [5.41, 5.74) is 2.68. The van der Waals surface area contributed by atoms with Crippen molar-refractivity contribution in [3.8, 4) is 12.3 Å². The Morgan fingerprint density at radius 1 is 1.04 bits per heavy atom. The van der Waals surface area contributed by atoms with Gasteiger partial charge in [-0.05, 0) is 41.5 Å². The Labute approximate surface area is 158 Å². The van der Waals surface area contributed by atoms with Gasteiger partial charge in [0.15, 0.2) is 0 Å². The summed E-state index contributed by atoms with van der Waals surface area (Å²) in [5, 5.41) is 4.27. The van der Waals surface area contributed by atoms with Crippen LogP contribution in [0.1, 0.15) is 17.5 Å². The third-order valence-electron chi connectivity index (χ3n) is 4.33. The van der Waals surface area contributed by atoms with Crippen molar-refractivity contribution in [3.05, 3.63) is 71.4 Å². The molecule has 0 atom stereocenters. The predicted molar refractivity (Wildman–Crippen MR) is 103 cm³/mol. The summed E-state index contributed by atoms with van der Waals surface area (Å²) in [6, 6.07) is 11.4. The summed E-state index contributed by atoms with van der Waals surface area (Å²) in [7, 11) is 0. The minimum atomic E-state index is -0.274. The van der Waals surface area contributed by atoms with Gasteiger partial charge < -0.3 is 14.6 Å². The molecule has 0 saturated heterocycles. The van der Waals surface area contributed by atoms with Crippen LogP contribution in [0.2, 0.25) is 0 Å². The van der Waals surface area contributed by atoms with E-state index >= 15 is 0 Å². The van der Waals surface area contributed by atoms with Crippen LogP contribution in [0.5, 0.6) is 0 Å². The number of hydrogen-bond acceptors (Lipinski definition) is 2. The second-order valence-corrected chi connectivity index (χ2v) is 6.31. The lowest BCUT2D eigenvalue weighted by atomic mass is 10.1. The van der Waals surface area contributed by atoms with Gasteiger partial charge in [0, 0.05) is 37.6 Å². The number of nitrogens with zero attached hydrogens (tertiary/aromatic N) is 1. The van der Waals surface area contributed by atoms with Crippen molar-refractivity contribution in [1.82, 2.24) is 9.88 Å². The Bertz CT molecular complexity index is 926. The molecule has 1 N–H and O–H groups in total. The molecular weight excluding hydrogens is 346 g/mol. The van der Waals surface area contributed by atoms with Crippen LogP contribution in [-0.2, 0) is 17.8 Å². The number of rotatable bonds is 9. The first-order valence-electron chi connectivity index (χ1n) is 8.91. The van der Waals surface area contributed by atoms with Crippen LogP contribution in [0.3, 0.4) is 0 Å². The highest BCUT2D eigenvalue weighted by molar-refractivity contribution is 5.84. The number of fused-ring (bicyclic) bond motifs is 1. The fourth-order valence-corrected chi connectivity index (χ4v) is 3.00. The lowest BCUT2D eigenvalue weighted by molar-refractivity contribution is 0.141. The van der Waals surface area contributed by atoms with Gasteiger partial charge in [-0.2, -0.15) is 0 Å². The number of terminal acetylenes is 1. The number of ether oxygens (including phenoxy) is 1. The average molecular weight is 368 g/mol. The molecule has 0 aliphatic carbocycles. The first-order chi connectivity index (χ1) is 13.2. The fraction of sp³-hybridized carbons (Fsp3) is 0.273. The number of aromatic nitrogens is 1. The molecule has 0 fully saturated rings. The van der Waals surface area contributed by atoms with Crippen molar-refractivity contribution in [1.29, 1.82) is 0 Å². The van der Waals surface area contributed by atoms with Crippen molar-refractivity contribution in [2.24, 2.45) is 0 Å². The maximum atomic E-state index is 14.1. The molecule has 0 bridgehead atoms. The van der Waals surface area contributed by atoms with E-state index in [9.17, 15) is 8.78 Å². The van der Waals surface area contributed by atoms with Gasteiger partial charge in [-0.3, -0.25) is 0 Å². The number of benzene rings is 2. The third-order valence-corrected chi connectivity index (χ3v) is 4.33. The lowest BCUT2D eigenvalue weighted by Gasteiger charge is -2.10. The van der Waals surface area contributed by atoms with E-state index in [0.717, 1.165) is 22.0 Å². The third kappa shape index (κ3) is 5.16. The molecule has 0 radical (unpaired) electrons. The van der Waals surface area contributed by atoms with Gasteiger partial charge in [-0.25, -0.2) is 8.78 Å². The second-order valence-electron chi connectivity index (χ2n) is 6.31. The van der Waals surface area contributed by atoms with E-state index < -0.39 is 0 Å². The molecule has 27 heavy (non-hydrogen) atoms. The molecule has 0 unspecified atom stereocenters. The Kier molecular flexibility index (Phi) is 6.59. The normalized spacial score (nSPS) is 11.0. The van der Waals surface area contributed by atoms with Crippen LogP contribution < -0.4 is 5.32 Å². The zero-order valence-electron chi connectivity index (χ0n) is 15.1. The minimum Gasteiger partial charge on any atom is -0.379 e. The monoisotopic (exact) mass is 368 g/mol. The van der Waals surface area contributed by atoms with Crippen molar-refractivity contribution in [3.63, 3.8) is 0 Å². The van der Waals surface area contributed by atoms with Crippen LogP contribution in [0.15, 0.2) is 48.7 Å². The maximum Gasteiger partial charge on any atom is 0.125 e. The highest BCUT2D eigenvalue weighted by Crippen LogP contribution is 2.23. The summed E-state index contributed by atoms with van der Waals surface area (Å²) < 4.78 is 34.6. The van der Waals surface area contributed by atoms with E-state index in [4.69, 9.17) is 11.2 Å². The fourth-order valence-electron chi connectivity index (χ4n) is 3.00. The molecular formula is C22H22F2N2O. The number of nitrogens with one attached hydrogen (secondary N) is 1. The van der Waals surface area contributed by atoms with Gasteiger partial charge >= 0.3 is 0 Å². The first kappa shape index (κ1) is 19.1. The molecule has 0 amide bonds. The summed E-state index contributed by atoms with van der Waals surface area (Å²) in [5.74, 6) is 1.99. The molecule has 3 nitrogen and oxygen atoms in total. The summed E-state index contributed by atoms with van der Waals surface area (Å²) in [6.45, 7) is 2.88. The molecule has 1 heterocycles. The van der Waals surface area contributed by atoms with E-state index in [0.29, 0.717) is 39.3 Å². The molecule has 0 spiro atoms. The summed E-state index contributed by atoms with van der Waals surface area (Å²) >= 11 is 0. The number of hydrogen-bond donors (Lipinski definition) is 1. The van der Waals surface area contributed by atoms with Crippen LogP contribution in [0.4, 0.5) is 8.78 Å². The van der Waals surface area contributed by atoms with E-state index in [1.165, 1.54) is 18.2 Å². The smallest absolute Gasteiger partial charge is 0.125 e. The molecule has 3 rings (SSSR count). The van der Waals surface area contributed by atoms with Crippen molar-refractivity contribution >= 4 is 10.9 Å². The highest BCUT2D eigenvalue weighted by Gasteiger charge is 2.09. The number of halogens is 2. The average Bonchev–Trinajstić information content (AvgIpc) is 3.05. The van der Waals surface area contributed by atoms with E-state index in [1.54, 1.807) is 18.2 Å². The lowest BCUT2D eigenvalue weighted by Crippen LogP contribution is -2.19. The van der Waals surface area contributed by atoms with Gasteiger partial charge in [0.05, 0.1) is 18.7 Å². The molecule has 0 aliphatic heterocycles. The molecule has 1 aromatic heterocycles. The predicted octanol–water partition coefficient (Wildman–Crippen LogP) is 4.10. The molecule has 2 aromatic carbocycles. The standard InChI is InChI=1S/C22H22F2N2O/c1-2-3-11-27-12-9-25-15-18-13-20(24)14-22-21(18)8-10-26(22)16-17-4-6-19(23)7-5-17/h1,4-8,10,13-14,25H,3,9,11-12,15-16H2. The van der Waals surface area contributed by atoms with E-state index in [1.807, 2.05) is 16.8 Å². The highest BCUT2D eigenvalue weighted by atomic mass is 19.1. The Balaban J connectivity index is 1.67. The van der Waals surface area contributed by atoms with Gasteiger partial charge in [0.2, 0.25) is 0 Å². The van der Waals surface area contributed by atoms with Gasteiger partial charge in [-0.1, -0.05) is 12.1 Å². The zero-order chi connectivity index (χ0) is 19.1. The maximum absolute atomic E-state index is 14.1. The Morgan fingerprint density at radius 3 is 2.63 bits per heavy atom. The van der Waals surface area contributed by atoms with Crippen molar-refractivity contribution in [2.75, 3.05) is 19.8 Å². The quantitative estimate of drug-likeness (QED) is 0.455. The largest absolute Gasteiger partial charge is 0.379 e. The van der Waals surface area contributed by atoms with Crippen LogP contribution >= 0.6 is 0 Å². The van der Waals surface area contributed by atoms with Crippen LogP contribution in [0.25, 0.3) is 10.9 Å². The van der Waals surface area contributed by atoms with Crippen LogP contribution in [-0.4, -0.2) is 24.3 Å². The zero-order valence-corrected chi connectivity index (χ0v) is 15.1. The van der Waals surface area contributed by atoms with Gasteiger partial charge in [0.25, 0.3) is 0 Å². The van der Waals surface area contributed by atoms with Crippen LogP contribution in [0, 0.1) is 24.0 Å². The topological polar surface area (TPSA) is 26.2 Å². The molecule has 140 valence electrons.